The molecule has 6 N–H and O–H groups in total. The van der Waals surface area contributed by atoms with Crippen molar-refractivity contribution < 1.29 is 39.8 Å². The van der Waals surface area contributed by atoms with Crippen molar-refractivity contribution >= 4 is 5.91 Å². The zero-order valence-electron chi connectivity index (χ0n) is 48.7. The molecule has 0 aromatic heterocycles. The fourth-order valence-electron chi connectivity index (χ4n) is 11.0. The van der Waals surface area contributed by atoms with E-state index in [0.29, 0.717) is 12.8 Å². The van der Waals surface area contributed by atoms with Crippen molar-refractivity contribution in [3.05, 3.63) is 0 Å². The van der Waals surface area contributed by atoms with E-state index in [1.54, 1.807) is 0 Å². The van der Waals surface area contributed by atoms with Crippen LogP contribution in [0.25, 0.3) is 0 Å². The maximum Gasteiger partial charge on any atom is 0.220 e. The van der Waals surface area contributed by atoms with E-state index in [4.69, 9.17) is 9.47 Å². The second-order valence-corrected chi connectivity index (χ2v) is 23.3. The highest BCUT2D eigenvalue weighted by molar-refractivity contribution is 5.76. The Hall–Kier alpha value is -0.810. The summed E-state index contributed by atoms with van der Waals surface area (Å²) in [5.74, 6) is -0.138. The Labute approximate surface area is 453 Å². The highest BCUT2D eigenvalue weighted by Crippen LogP contribution is 2.24. The van der Waals surface area contributed by atoms with Gasteiger partial charge < -0.3 is 40.3 Å². The van der Waals surface area contributed by atoms with Gasteiger partial charge in [0, 0.05) is 6.42 Å². The normalized spacial score (nSPS) is 18.9. The number of ether oxygens (including phenoxy) is 2. The quantitative estimate of drug-likeness (QED) is 0.0330. The highest BCUT2D eigenvalue weighted by Gasteiger charge is 2.44. The zero-order valence-corrected chi connectivity index (χ0v) is 48.7. The lowest BCUT2D eigenvalue weighted by Crippen LogP contribution is -2.60. The number of aliphatic hydroxyl groups excluding tert-OH is 5. The Morgan fingerprint density at radius 3 is 0.973 bits per heavy atom. The second-order valence-electron chi connectivity index (χ2n) is 23.3. The van der Waals surface area contributed by atoms with Gasteiger partial charge in [-0.3, -0.25) is 4.79 Å². The smallest absolute Gasteiger partial charge is 0.220 e. The summed E-state index contributed by atoms with van der Waals surface area (Å²) in [7, 11) is 0. The topological polar surface area (TPSA) is 149 Å². The van der Waals surface area contributed by atoms with Gasteiger partial charge >= 0.3 is 0 Å². The fourth-order valence-corrected chi connectivity index (χ4v) is 11.0. The maximum absolute atomic E-state index is 13.0. The minimum atomic E-state index is -1.55. The summed E-state index contributed by atoms with van der Waals surface area (Å²) in [5.41, 5.74) is 0. The molecule has 1 saturated heterocycles. The lowest BCUT2D eigenvalue weighted by Gasteiger charge is -2.40. The first-order valence-electron chi connectivity index (χ1n) is 32.7. The molecule has 436 valence electrons. The van der Waals surface area contributed by atoms with Gasteiger partial charge in [0.15, 0.2) is 6.29 Å². The number of nitrogens with one attached hydrogen (secondary N) is 1. The van der Waals surface area contributed by atoms with Gasteiger partial charge in [0.2, 0.25) is 5.91 Å². The van der Waals surface area contributed by atoms with E-state index in [-0.39, 0.29) is 12.5 Å². The number of hydrogen-bond acceptors (Lipinski definition) is 8. The molecule has 7 unspecified atom stereocenters. The molecular weight excluding hydrogens is 911 g/mol. The summed E-state index contributed by atoms with van der Waals surface area (Å²) in [6.07, 6.45) is 60.7. The molecule has 73 heavy (non-hydrogen) atoms. The van der Waals surface area contributed by atoms with E-state index in [1.807, 2.05) is 0 Å². The van der Waals surface area contributed by atoms with E-state index in [2.05, 4.69) is 19.2 Å². The van der Waals surface area contributed by atoms with Gasteiger partial charge in [-0.15, -0.1) is 0 Å². The molecule has 7 atom stereocenters. The van der Waals surface area contributed by atoms with Crippen LogP contribution >= 0.6 is 0 Å². The van der Waals surface area contributed by atoms with Gasteiger partial charge in [0.05, 0.1) is 25.4 Å². The van der Waals surface area contributed by atoms with Crippen LogP contribution in [-0.2, 0) is 14.3 Å². The molecule has 1 heterocycles. The Morgan fingerprint density at radius 2 is 0.685 bits per heavy atom. The third-order valence-electron chi connectivity index (χ3n) is 16.2. The van der Waals surface area contributed by atoms with Crippen LogP contribution in [0.1, 0.15) is 348 Å². The first-order valence-corrected chi connectivity index (χ1v) is 32.7. The standard InChI is InChI=1S/C64H127NO8/c1-3-5-7-9-11-13-15-16-17-18-19-20-21-22-23-24-25-26-27-28-29-30-31-32-33-34-35-36-37-38-39-40-41-42-43-44-46-48-50-52-54-60(68)65-57(56-72-64-63(71)62(70)61(69)59(55-66)73-64)58(67)53-51-49-47-45-14-12-10-8-6-4-2/h57-59,61-64,66-67,69-71H,3-56H2,1-2H3,(H,65,68). The van der Waals surface area contributed by atoms with Crippen molar-refractivity contribution in [1.82, 2.24) is 5.32 Å². The highest BCUT2D eigenvalue weighted by atomic mass is 16.7. The van der Waals surface area contributed by atoms with Crippen LogP contribution in [0.15, 0.2) is 0 Å². The lowest BCUT2D eigenvalue weighted by atomic mass is 9.99. The molecule has 9 nitrogen and oxygen atoms in total. The van der Waals surface area contributed by atoms with Crippen molar-refractivity contribution in [2.75, 3.05) is 13.2 Å². The summed E-state index contributed by atoms with van der Waals surface area (Å²) in [4.78, 5) is 13.0. The Kier molecular flexibility index (Phi) is 52.5. The van der Waals surface area contributed by atoms with E-state index < -0.39 is 49.5 Å². The number of rotatable bonds is 58. The SMILES string of the molecule is CCCCCCCCCCCCCCCCCCCCCCCCCCCCCCCCCCCCCCCCCCC(=O)NC(COC1OC(CO)C(O)C(O)C1O)C(O)CCCCCCCCCCCC. The molecule has 0 saturated carbocycles. The molecular formula is C64H127NO8. The predicted molar refractivity (Wildman–Crippen MR) is 309 cm³/mol. The van der Waals surface area contributed by atoms with E-state index >= 15 is 0 Å². The van der Waals surface area contributed by atoms with Crippen molar-refractivity contribution in [2.24, 2.45) is 0 Å². The van der Waals surface area contributed by atoms with Crippen LogP contribution in [0, 0.1) is 0 Å². The van der Waals surface area contributed by atoms with Gasteiger partial charge in [-0.05, 0) is 12.8 Å². The fraction of sp³-hybridized carbons (Fsp3) is 0.984. The number of carbonyl (C=O) groups is 1. The number of aliphatic hydroxyl groups is 5. The van der Waals surface area contributed by atoms with Gasteiger partial charge in [-0.25, -0.2) is 0 Å². The molecule has 0 aromatic carbocycles. The zero-order chi connectivity index (χ0) is 52.9. The van der Waals surface area contributed by atoms with Crippen molar-refractivity contribution in [3.8, 4) is 0 Å². The van der Waals surface area contributed by atoms with Crippen LogP contribution in [0.5, 0.6) is 0 Å². The van der Waals surface area contributed by atoms with E-state index in [0.717, 1.165) is 38.5 Å². The van der Waals surface area contributed by atoms with E-state index in [9.17, 15) is 30.3 Å². The van der Waals surface area contributed by atoms with Gasteiger partial charge in [-0.2, -0.15) is 0 Å². The van der Waals surface area contributed by atoms with Gasteiger partial charge in [0.25, 0.3) is 0 Å². The number of amides is 1. The van der Waals surface area contributed by atoms with Crippen LogP contribution in [-0.4, -0.2) is 87.5 Å². The molecule has 0 aliphatic carbocycles. The molecule has 1 aliphatic rings. The molecule has 1 rings (SSSR count). The minimum Gasteiger partial charge on any atom is -0.394 e. The van der Waals surface area contributed by atoms with Gasteiger partial charge in [0.1, 0.15) is 24.4 Å². The molecule has 0 bridgehead atoms. The number of carbonyl (C=O) groups excluding carboxylic acids is 1. The van der Waals surface area contributed by atoms with Crippen molar-refractivity contribution in [1.29, 1.82) is 0 Å². The van der Waals surface area contributed by atoms with Crippen LogP contribution < -0.4 is 5.32 Å². The average Bonchev–Trinajstić information content (AvgIpc) is 3.39. The van der Waals surface area contributed by atoms with Crippen LogP contribution in [0.2, 0.25) is 0 Å². The number of unbranched alkanes of at least 4 members (excludes halogenated alkanes) is 48. The molecule has 1 amide bonds. The third-order valence-corrected chi connectivity index (χ3v) is 16.2. The first kappa shape index (κ1) is 70.2. The average molecular weight is 1040 g/mol. The molecule has 0 spiro atoms. The predicted octanol–water partition coefficient (Wildman–Crippen LogP) is 17.0. The molecule has 0 radical (unpaired) electrons. The second kappa shape index (κ2) is 54.5. The van der Waals surface area contributed by atoms with Crippen molar-refractivity contribution in [2.45, 2.75) is 391 Å². The first-order chi connectivity index (χ1) is 35.8. The molecule has 9 heteroatoms. The Morgan fingerprint density at radius 1 is 0.411 bits per heavy atom. The van der Waals surface area contributed by atoms with Crippen LogP contribution in [0.4, 0.5) is 0 Å². The Balaban J connectivity index is 1.95. The molecule has 1 aliphatic heterocycles. The summed E-state index contributed by atoms with van der Waals surface area (Å²) in [6.45, 7) is 3.86. The molecule has 1 fully saturated rings. The monoisotopic (exact) mass is 1040 g/mol. The van der Waals surface area contributed by atoms with E-state index in [1.165, 1.54) is 283 Å². The Bertz CT molecular complexity index is 1110. The summed E-state index contributed by atoms with van der Waals surface area (Å²) in [5, 5.41) is 54.5. The largest absolute Gasteiger partial charge is 0.394 e. The summed E-state index contributed by atoms with van der Waals surface area (Å²) < 4.78 is 11.3. The minimum absolute atomic E-state index is 0.132. The third kappa shape index (κ3) is 43.8. The van der Waals surface area contributed by atoms with Crippen LogP contribution in [0.3, 0.4) is 0 Å². The van der Waals surface area contributed by atoms with Gasteiger partial charge in [-0.1, -0.05) is 328 Å². The summed E-state index contributed by atoms with van der Waals surface area (Å²) in [6, 6.07) is -0.712. The lowest BCUT2D eigenvalue weighted by molar-refractivity contribution is -0.302. The summed E-state index contributed by atoms with van der Waals surface area (Å²) >= 11 is 0. The molecule has 0 aromatic rings. The maximum atomic E-state index is 13.0. The van der Waals surface area contributed by atoms with Crippen molar-refractivity contribution in [3.63, 3.8) is 0 Å². The number of hydrogen-bond donors (Lipinski definition) is 6.